The Morgan fingerprint density at radius 1 is 1.05 bits per heavy atom. The summed E-state index contributed by atoms with van der Waals surface area (Å²) < 4.78 is 0. The van der Waals surface area contributed by atoms with Gasteiger partial charge in [-0.3, -0.25) is 4.90 Å². The highest BCUT2D eigenvalue weighted by atomic mass is 15.3. The second-order valence-corrected chi connectivity index (χ2v) is 6.57. The zero-order chi connectivity index (χ0) is 15.1. The van der Waals surface area contributed by atoms with Crippen LogP contribution in [-0.2, 0) is 5.41 Å². The van der Waals surface area contributed by atoms with Crippen LogP contribution in [0.15, 0.2) is 30.3 Å². The van der Waals surface area contributed by atoms with Crippen molar-refractivity contribution in [1.29, 1.82) is 0 Å². The summed E-state index contributed by atoms with van der Waals surface area (Å²) in [5.74, 6) is 0. The summed E-state index contributed by atoms with van der Waals surface area (Å²) in [5, 5.41) is 3.39. The van der Waals surface area contributed by atoms with E-state index >= 15 is 0 Å². The Kier molecular flexibility index (Phi) is 6.22. The van der Waals surface area contributed by atoms with Gasteiger partial charge < -0.3 is 10.2 Å². The lowest BCUT2D eigenvalue weighted by atomic mass is 9.81. The van der Waals surface area contributed by atoms with Crippen molar-refractivity contribution in [3.05, 3.63) is 35.9 Å². The molecule has 21 heavy (non-hydrogen) atoms. The highest BCUT2D eigenvalue weighted by molar-refractivity contribution is 5.25. The van der Waals surface area contributed by atoms with Crippen LogP contribution >= 0.6 is 0 Å². The van der Waals surface area contributed by atoms with E-state index in [0.29, 0.717) is 0 Å². The number of nitrogens with one attached hydrogen (secondary N) is 1. The first kappa shape index (κ1) is 16.5. The maximum atomic E-state index is 3.39. The van der Waals surface area contributed by atoms with Crippen molar-refractivity contribution in [2.24, 2.45) is 0 Å². The molecule has 1 saturated heterocycles. The molecule has 1 aliphatic heterocycles. The van der Waals surface area contributed by atoms with E-state index in [1.807, 2.05) is 0 Å². The SMILES string of the molecule is CCCN1CCN(CC(C)(CNC)c2ccccc2)CC1. The maximum absolute atomic E-state index is 3.39. The number of likely N-dealkylation sites (N-methyl/N-ethyl adjacent to an activating group) is 1. The van der Waals surface area contributed by atoms with E-state index in [0.717, 1.165) is 13.1 Å². The van der Waals surface area contributed by atoms with Gasteiger partial charge >= 0.3 is 0 Å². The van der Waals surface area contributed by atoms with Gasteiger partial charge in [-0.05, 0) is 25.6 Å². The Morgan fingerprint density at radius 2 is 1.67 bits per heavy atom. The molecule has 3 heteroatoms. The van der Waals surface area contributed by atoms with Crippen molar-refractivity contribution < 1.29 is 0 Å². The Morgan fingerprint density at radius 3 is 2.24 bits per heavy atom. The van der Waals surface area contributed by atoms with E-state index in [1.165, 1.54) is 44.7 Å². The highest BCUT2D eigenvalue weighted by Gasteiger charge is 2.29. The fourth-order valence-electron chi connectivity index (χ4n) is 3.46. The molecule has 0 aliphatic carbocycles. The molecule has 1 aliphatic rings. The van der Waals surface area contributed by atoms with Crippen LogP contribution in [0.1, 0.15) is 25.8 Å². The van der Waals surface area contributed by atoms with E-state index in [4.69, 9.17) is 0 Å². The number of piperazine rings is 1. The van der Waals surface area contributed by atoms with Gasteiger partial charge in [-0.2, -0.15) is 0 Å². The number of benzene rings is 1. The standard InChI is InChI=1S/C18H31N3/c1-4-10-20-11-13-21(14-12-20)16-18(2,15-19-3)17-8-6-5-7-9-17/h5-9,19H,4,10-16H2,1-3H3. The minimum Gasteiger partial charge on any atom is -0.319 e. The molecule has 3 nitrogen and oxygen atoms in total. The van der Waals surface area contributed by atoms with Crippen molar-refractivity contribution in [2.45, 2.75) is 25.7 Å². The Hall–Kier alpha value is -0.900. The average Bonchev–Trinajstić information content (AvgIpc) is 2.51. The maximum Gasteiger partial charge on any atom is 0.0176 e. The van der Waals surface area contributed by atoms with Crippen molar-refractivity contribution in [3.8, 4) is 0 Å². The molecule has 0 radical (unpaired) electrons. The molecule has 1 N–H and O–H groups in total. The van der Waals surface area contributed by atoms with Crippen molar-refractivity contribution in [3.63, 3.8) is 0 Å². The zero-order valence-electron chi connectivity index (χ0n) is 13.9. The quantitative estimate of drug-likeness (QED) is 0.830. The van der Waals surface area contributed by atoms with Crippen molar-refractivity contribution >= 4 is 0 Å². The lowest BCUT2D eigenvalue weighted by Crippen LogP contribution is -2.52. The summed E-state index contributed by atoms with van der Waals surface area (Å²) in [6.07, 6.45) is 1.27. The molecule has 1 fully saturated rings. The zero-order valence-corrected chi connectivity index (χ0v) is 13.9. The van der Waals surface area contributed by atoms with Gasteiger partial charge in [0, 0.05) is 44.7 Å². The molecule has 1 unspecified atom stereocenters. The molecule has 1 atom stereocenters. The van der Waals surface area contributed by atoms with E-state index in [-0.39, 0.29) is 5.41 Å². The Labute approximate surface area is 130 Å². The third kappa shape index (κ3) is 4.53. The van der Waals surface area contributed by atoms with Gasteiger partial charge in [0.15, 0.2) is 0 Å². The molecule has 0 saturated carbocycles. The molecular weight excluding hydrogens is 258 g/mol. The average molecular weight is 289 g/mol. The third-order valence-electron chi connectivity index (χ3n) is 4.61. The van der Waals surface area contributed by atoms with Crippen LogP contribution in [0.4, 0.5) is 0 Å². The first-order chi connectivity index (χ1) is 10.2. The fourth-order valence-corrected chi connectivity index (χ4v) is 3.46. The summed E-state index contributed by atoms with van der Waals surface area (Å²) in [7, 11) is 2.06. The van der Waals surface area contributed by atoms with Gasteiger partial charge in [-0.25, -0.2) is 0 Å². The predicted molar refractivity (Wildman–Crippen MR) is 90.9 cm³/mol. The summed E-state index contributed by atoms with van der Waals surface area (Å²) in [6.45, 7) is 12.9. The number of nitrogens with zero attached hydrogens (tertiary/aromatic N) is 2. The highest BCUT2D eigenvalue weighted by Crippen LogP contribution is 2.25. The van der Waals surface area contributed by atoms with Crippen molar-refractivity contribution in [1.82, 2.24) is 15.1 Å². The van der Waals surface area contributed by atoms with E-state index in [2.05, 4.69) is 66.3 Å². The van der Waals surface area contributed by atoms with Gasteiger partial charge in [0.05, 0.1) is 0 Å². The first-order valence-electron chi connectivity index (χ1n) is 8.33. The number of hydrogen-bond donors (Lipinski definition) is 1. The summed E-state index contributed by atoms with van der Waals surface area (Å²) >= 11 is 0. The smallest absolute Gasteiger partial charge is 0.0176 e. The summed E-state index contributed by atoms with van der Waals surface area (Å²) in [4.78, 5) is 5.23. The van der Waals surface area contributed by atoms with Gasteiger partial charge in [0.2, 0.25) is 0 Å². The molecule has 0 bridgehead atoms. The normalized spacial score (nSPS) is 20.3. The van der Waals surface area contributed by atoms with Crippen LogP contribution in [-0.4, -0.2) is 62.7 Å². The Bertz CT molecular complexity index is 398. The van der Waals surface area contributed by atoms with E-state index in [1.54, 1.807) is 0 Å². The molecule has 1 heterocycles. The van der Waals surface area contributed by atoms with Crippen LogP contribution in [0.25, 0.3) is 0 Å². The number of rotatable bonds is 7. The van der Waals surface area contributed by atoms with Crippen LogP contribution in [0, 0.1) is 0 Å². The minimum absolute atomic E-state index is 0.183. The van der Waals surface area contributed by atoms with Gasteiger partial charge in [-0.1, -0.05) is 44.2 Å². The molecule has 2 rings (SSSR count). The van der Waals surface area contributed by atoms with Gasteiger partial charge in [0.25, 0.3) is 0 Å². The molecule has 0 amide bonds. The largest absolute Gasteiger partial charge is 0.319 e. The monoisotopic (exact) mass is 289 g/mol. The van der Waals surface area contributed by atoms with Gasteiger partial charge in [-0.15, -0.1) is 0 Å². The van der Waals surface area contributed by atoms with E-state index in [9.17, 15) is 0 Å². The molecule has 0 aromatic heterocycles. The minimum atomic E-state index is 0.183. The lowest BCUT2D eigenvalue weighted by molar-refractivity contribution is 0.112. The second-order valence-electron chi connectivity index (χ2n) is 6.57. The summed E-state index contributed by atoms with van der Waals surface area (Å²) in [5.41, 5.74) is 1.62. The first-order valence-corrected chi connectivity index (χ1v) is 8.33. The van der Waals surface area contributed by atoms with Gasteiger partial charge in [0.1, 0.15) is 0 Å². The van der Waals surface area contributed by atoms with Crippen LogP contribution in [0.2, 0.25) is 0 Å². The third-order valence-corrected chi connectivity index (χ3v) is 4.61. The van der Waals surface area contributed by atoms with E-state index < -0.39 is 0 Å². The molecule has 1 aromatic rings. The lowest BCUT2D eigenvalue weighted by Gasteiger charge is -2.40. The van der Waals surface area contributed by atoms with Crippen LogP contribution in [0.5, 0.6) is 0 Å². The molecule has 118 valence electrons. The molecule has 0 spiro atoms. The van der Waals surface area contributed by atoms with Crippen LogP contribution in [0.3, 0.4) is 0 Å². The topological polar surface area (TPSA) is 18.5 Å². The predicted octanol–water partition coefficient (Wildman–Crippen LogP) is 2.19. The van der Waals surface area contributed by atoms with Crippen LogP contribution < -0.4 is 5.32 Å². The Balaban J connectivity index is 1.98. The second kappa shape index (κ2) is 7.92. The molecule has 1 aromatic carbocycles. The molecular formula is C18H31N3. The summed E-state index contributed by atoms with van der Waals surface area (Å²) in [6, 6.07) is 11.0. The number of hydrogen-bond acceptors (Lipinski definition) is 3. The van der Waals surface area contributed by atoms with Crippen molar-refractivity contribution in [2.75, 3.05) is 52.9 Å². The fraction of sp³-hybridized carbons (Fsp3) is 0.667.